The zero-order chi connectivity index (χ0) is 12.7. The minimum Gasteiger partial charge on any atom is -0.287 e. The van der Waals surface area contributed by atoms with E-state index in [-0.39, 0.29) is 11.9 Å². The van der Waals surface area contributed by atoms with Gasteiger partial charge in [0.2, 0.25) is 5.82 Å². The highest BCUT2D eigenvalue weighted by Crippen LogP contribution is 2.27. The third-order valence-corrected chi connectivity index (χ3v) is 2.91. The predicted molar refractivity (Wildman–Crippen MR) is 61.8 cm³/mol. The average Bonchev–Trinajstić information content (AvgIpc) is 2.79. The Labute approximate surface area is 97.3 Å². The smallest absolute Gasteiger partial charge is 0.287 e. The summed E-state index contributed by atoms with van der Waals surface area (Å²) >= 11 is 0. The Morgan fingerprint density at radius 1 is 1.41 bits per heavy atom. The minimum absolute atomic E-state index is 0.117. The number of rotatable bonds is 3. The van der Waals surface area contributed by atoms with Crippen LogP contribution in [0, 0.1) is 10.1 Å². The quantitative estimate of drug-likeness (QED) is 0.458. The first-order valence-corrected chi connectivity index (χ1v) is 5.47. The Kier molecular flexibility index (Phi) is 2.66. The molecule has 8 nitrogen and oxygen atoms in total. The number of fused-ring (bicyclic) bond motifs is 1. The van der Waals surface area contributed by atoms with Crippen molar-refractivity contribution in [3.05, 3.63) is 20.5 Å². The van der Waals surface area contributed by atoms with E-state index in [0.717, 1.165) is 6.42 Å². The SMILES string of the molecule is CC(C)N(N)c1c([N+](=O)[O-])c(=O)n2n1CCC2. The van der Waals surface area contributed by atoms with Gasteiger partial charge in [0, 0.05) is 19.1 Å². The van der Waals surface area contributed by atoms with Crippen LogP contribution in [-0.2, 0) is 13.1 Å². The second-order valence-corrected chi connectivity index (χ2v) is 4.34. The van der Waals surface area contributed by atoms with E-state index in [1.807, 2.05) is 13.8 Å². The van der Waals surface area contributed by atoms with E-state index in [2.05, 4.69) is 0 Å². The first-order valence-electron chi connectivity index (χ1n) is 5.47. The molecule has 0 aliphatic carbocycles. The third-order valence-electron chi connectivity index (χ3n) is 2.91. The fourth-order valence-corrected chi connectivity index (χ4v) is 2.04. The summed E-state index contributed by atoms with van der Waals surface area (Å²) in [5.41, 5.74) is -1.00. The van der Waals surface area contributed by atoms with Gasteiger partial charge in [0.1, 0.15) is 0 Å². The number of hydrogen-bond acceptors (Lipinski definition) is 5. The van der Waals surface area contributed by atoms with Gasteiger partial charge in [-0.05, 0) is 20.3 Å². The molecule has 0 radical (unpaired) electrons. The first kappa shape index (κ1) is 11.6. The molecule has 0 saturated heterocycles. The van der Waals surface area contributed by atoms with Gasteiger partial charge in [-0.1, -0.05) is 0 Å². The Morgan fingerprint density at radius 3 is 2.53 bits per heavy atom. The van der Waals surface area contributed by atoms with Crippen molar-refractivity contribution in [1.82, 2.24) is 9.36 Å². The summed E-state index contributed by atoms with van der Waals surface area (Å²) in [6.07, 6.45) is 0.798. The topological polar surface area (TPSA) is 99.3 Å². The molecule has 0 fully saturated rings. The van der Waals surface area contributed by atoms with E-state index >= 15 is 0 Å². The van der Waals surface area contributed by atoms with Crippen LogP contribution in [0.15, 0.2) is 4.79 Å². The fourth-order valence-electron chi connectivity index (χ4n) is 2.04. The maximum absolute atomic E-state index is 11.9. The van der Waals surface area contributed by atoms with E-state index in [4.69, 9.17) is 5.84 Å². The number of hydrogen-bond donors (Lipinski definition) is 1. The molecule has 0 aromatic carbocycles. The van der Waals surface area contributed by atoms with Crippen LogP contribution >= 0.6 is 0 Å². The molecule has 2 rings (SSSR count). The molecule has 0 amide bonds. The molecule has 1 aromatic rings. The molecule has 0 spiro atoms. The average molecular weight is 241 g/mol. The molecule has 17 heavy (non-hydrogen) atoms. The Hall–Kier alpha value is -1.83. The van der Waals surface area contributed by atoms with E-state index in [1.54, 1.807) is 4.68 Å². The number of hydrazine groups is 1. The van der Waals surface area contributed by atoms with Gasteiger partial charge in [-0.2, -0.15) is 0 Å². The van der Waals surface area contributed by atoms with Gasteiger partial charge in [0.15, 0.2) is 0 Å². The van der Waals surface area contributed by atoms with Crippen molar-refractivity contribution >= 4 is 11.5 Å². The molecule has 2 N–H and O–H groups in total. The summed E-state index contributed by atoms with van der Waals surface area (Å²) in [5, 5.41) is 12.3. The zero-order valence-corrected chi connectivity index (χ0v) is 9.79. The van der Waals surface area contributed by atoms with Crippen molar-refractivity contribution in [3.8, 4) is 0 Å². The maximum atomic E-state index is 11.9. The fraction of sp³-hybridized carbons (Fsp3) is 0.667. The van der Waals surface area contributed by atoms with Gasteiger partial charge in [-0.15, -0.1) is 0 Å². The van der Waals surface area contributed by atoms with Gasteiger partial charge in [-0.25, -0.2) is 10.5 Å². The normalized spacial score (nSPS) is 14.1. The molecular formula is C9H15N5O3. The van der Waals surface area contributed by atoms with Gasteiger partial charge >= 0.3 is 11.2 Å². The van der Waals surface area contributed by atoms with Crippen LogP contribution in [0.5, 0.6) is 0 Å². The molecule has 0 bridgehead atoms. The second-order valence-electron chi connectivity index (χ2n) is 4.34. The van der Waals surface area contributed by atoms with Crippen LogP contribution in [0.4, 0.5) is 11.5 Å². The molecule has 0 saturated carbocycles. The van der Waals surface area contributed by atoms with Crippen molar-refractivity contribution in [2.24, 2.45) is 5.84 Å². The molecule has 1 aromatic heterocycles. The van der Waals surface area contributed by atoms with E-state index in [9.17, 15) is 14.9 Å². The maximum Gasteiger partial charge on any atom is 0.378 e. The standard InChI is InChI=1S/C9H15N5O3/c1-6(2)13(10)8-7(14(16)17)9(15)12-5-3-4-11(8)12/h6H,3-5,10H2,1-2H3. The largest absolute Gasteiger partial charge is 0.378 e. The van der Waals surface area contributed by atoms with Crippen molar-refractivity contribution in [3.63, 3.8) is 0 Å². The van der Waals surface area contributed by atoms with Gasteiger partial charge in [-0.3, -0.25) is 24.6 Å². The van der Waals surface area contributed by atoms with Crippen LogP contribution in [-0.4, -0.2) is 20.3 Å². The van der Waals surface area contributed by atoms with Crippen LogP contribution in [0.1, 0.15) is 20.3 Å². The number of nitrogens with zero attached hydrogens (tertiary/aromatic N) is 4. The monoisotopic (exact) mass is 241 g/mol. The number of aromatic nitrogens is 2. The molecule has 0 unspecified atom stereocenters. The highest BCUT2D eigenvalue weighted by molar-refractivity contribution is 5.57. The van der Waals surface area contributed by atoms with Crippen LogP contribution < -0.4 is 16.4 Å². The third kappa shape index (κ3) is 1.60. The second kappa shape index (κ2) is 3.88. The van der Waals surface area contributed by atoms with Crippen molar-refractivity contribution in [2.45, 2.75) is 39.4 Å². The lowest BCUT2D eigenvalue weighted by Crippen LogP contribution is -2.39. The lowest BCUT2D eigenvalue weighted by atomic mass is 10.3. The van der Waals surface area contributed by atoms with Gasteiger partial charge < -0.3 is 0 Å². The predicted octanol–water partition coefficient (Wildman–Crippen LogP) is 0.0502. The molecule has 8 heteroatoms. The number of nitrogens with two attached hydrogens (primary N) is 1. The Bertz CT molecular complexity index is 515. The summed E-state index contributed by atoms with van der Waals surface area (Å²) in [7, 11) is 0. The zero-order valence-electron chi connectivity index (χ0n) is 9.79. The molecular weight excluding hydrogens is 226 g/mol. The van der Waals surface area contributed by atoms with E-state index < -0.39 is 16.2 Å². The summed E-state index contributed by atoms with van der Waals surface area (Å²) in [5.74, 6) is 6.02. The van der Waals surface area contributed by atoms with E-state index in [0.29, 0.717) is 13.1 Å². The molecule has 2 heterocycles. The summed E-state index contributed by atoms with van der Waals surface area (Å²) < 4.78 is 2.98. The molecule has 94 valence electrons. The summed E-state index contributed by atoms with van der Waals surface area (Å²) in [6.45, 7) is 4.71. The van der Waals surface area contributed by atoms with Crippen LogP contribution in [0.3, 0.4) is 0 Å². The first-order chi connectivity index (χ1) is 7.95. The molecule has 1 aliphatic heterocycles. The van der Waals surface area contributed by atoms with E-state index in [1.165, 1.54) is 9.69 Å². The minimum atomic E-state index is -0.655. The van der Waals surface area contributed by atoms with Crippen molar-refractivity contribution < 1.29 is 4.92 Å². The lowest BCUT2D eigenvalue weighted by molar-refractivity contribution is -0.385. The lowest BCUT2D eigenvalue weighted by Gasteiger charge is -2.22. The summed E-state index contributed by atoms with van der Waals surface area (Å²) in [6, 6.07) is -0.117. The number of anilines is 1. The van der Waals surface area contributed by atoms with Crippen molar-refractivity contribution in [2.75, 3.05) is 5.01 Å². The highest BCUT2D eigenvalue weighted by atomic mass is 16.6. The highest BCUT2D eigenvalue weighted by Gasteiger charge is 2.34. The van der Waals surface area contributed by atoms with Gasteiger partial charge in [0.25, 0.3) is 0 Å². The summed E-state index contributed by atoms with van der Waals surface area (Å²) in [4.78, 5) is 22.2. The van der Waals surface area contributed by atoms with Crippen molar-refractivity contribution in [1.29, 1.82) is 0 Å². The molecule has 1 aliphatic rings. The van der Waals surface area contributed by atoms with Crippen LogP contribution in [0.2, 0.25) is 0 Å². The van der Waals surface area contributed by atoms with Crippen LogP contribution in [0.25, 0.3) is 0 Å². The van der Waals surface area contributed by atoms with Gasteiger partial charge in [0.05, 0.1) is 4.92 Å². The molecule has 0 atom stereocenters. The number of nitro groups is 1. The Balaban J connectivity index is 2.68. The Morgan fingerprint density at radius 2 is 2.00 bits per heavy atom.